The SMILES string of the molecule is O=C(O)c1cc(F)c(Nc2ccsc2)c(F)c1. The van der Waals surface area contributed by atoms with Crippen LogP contribution in [0, 0.1) is 11.6 Å². The molecular weight excluding hydrogens is 248 g/mol. The second kappa shape index (κ2) is 4.50. The first kappa shape index (κ1) is 11.5. The van der Waals surface area contributed by atoms with Crippen molar-refractivity contribution in [3.8, 4) is 0 Å². The lowest BCUT2D eigenvalue weighted by molar-refractivity contribution is 0.0696. The maximum atomic E-state index is 13.5. The summed E-state index contributed by atoms with van der Waals surface area (Å²) in [6.07, 6.45) is 0. The van der Waals surface area contributed by atoms with Crippen LogP contribution in [0.1, 0.15) is 10.4 Å². The number of thiophene rings is 1. The Bertz CT molecular complexity index is 532. The number of benzene rings is 1. The Morgan fingerprint density at radius 3 is 2.41 bits per heavy atom. The number of nitrogens with one attached hydrogen (secondary N) is 1. The Hall–Kier alpha value is -1.95. The van der Waals surface area contributed by atoms with Gasteiger partial charge >= 0.3 is 5.97 Å². The van der Waals surface area contributed by atoms with Crippen LogP contribution >= 0.6 is 11.3 Å². The molecule has 17 heavy (non-hydrogen) atoms. The summed E-state index contributed by atoms with van der Waals surface area (Å²) < 4.78 is 27.0. The highest BCUT2D eigenvalue weighted by atomic mass is 32.1. The van der Waals surface area contributed by atoms with E-state index in [-0.39, 0.29) is 5.69 Å². The van der Waals surface area contributed by atoms with Crippen molar-refractivity contribution in [2.24, 2.45) is 0 Å². The van der Waals surface area contributed by atoms with Gasteiger partial charge in [0.25, 0.3) is 0 Å². The topological polar surface area (TPSA) is 49.3 Å². The van der Waals surface area contributed by atoms with Crippen molar-refractivity contribution in [3.63, 3.8) is 0 Å². The van der Waals surface area contributed by atoms with Gasteiger partial charge in [-0.1, -0.05) is 0 Å². The summed E-state index contributed by atoms with van der Waals surface area (Å²) in [6.45, 7) is 0. The average molecular weight is 255 g/mol. The standard InChI is InChI=1S/C11H7F2NO2S/c12-8-3-6(11(15)16)4-9(13)10(8)14-7-1-2-17-5-7/h1-5,14H,(H,15,16). The predicted molar refractivity (Wildman–Crippen MR) is 60.9 cm³/mol. The lowest BCUT2D eigenvalue weighted by Crippen LogP contribution is -2.02. The molecule has 0 radical (unpaired) electrons. The summed E-state index contributed by atoms with van der Waals surface area (Å²) in [7, 11) is 0. The Morgan fingerprint density at radius 2 is 1.94 bits per heavy atom. The summed E-state index contributed by atoms with van der Waals surface area (Å²) in [4.78, 5) is 10.6. The molecule has 0 fully saturated rings. The minimum Gasteiger partial charge on any atom is -0.478 e. The summed E-state index contributed by atoms with van der Waals surface area (Å²) in [5, 5.41) is 14.6. The molecule has 1 heterocycles. The molecule has 2 N–H and O–H groups in total. The molecule has 88 valence electrons. The van der Waals surface area contributed by atoms with Crippen molar-refractivity contribution in [1.82, 2.24) is 0 Å². The third-order valence-corrected chi connectivity index (χ3v) is 2.76. The van der Waals surface area contributed by atoms with Crippen molar-refractivity contribution >= 4 is 28.7 Å². The molecule has 0 amide bonds. The van der Waals surface area contributed by atoms with E-state index in [0.29, 0.717) is 5.69 Å². The van der Waals surface area contributed by atoms with E-state index in [0.717, 1.165) is 12.1 Å². The van der Waals surface area contributed by atoms with Gasteiger partial charge in [-0.15, -0.1) is 0 Å². The van der Waals surface area contributed by atoms with Gasteiger partial charge in [-0.25, -0.2) is 13.6 Å². The Labute approximate surface area is 99.3 Å². The van der Waals surface area contributed by atoms with Crippen LogP contribution < -0.4 is 5.32 Å². The molecule has 1 aromatic carbocycles. The smallest absolute Gasteiger partial charge is 0.335 e. The lowest BCUT2D eigenvalue weighted by Gasteiger charge is -2.07. The zero-order valence-corrected chi connectivity index (χ0v) is 9.22. The van der Waals surface area contributed by atoms with Crippen molar-refractivity contribution < 1.29 is 18.7 Å². The molecular formula is C11H7F2NO2S. The molecule has 0 atom stereocenters. The number of hydrogen-bond donors (Lipinski definition) is 2. The third-order valence-electron chi connectivity index (χ3n) is 2.08. The van der Waals surface area contributed by atoms with E-state index in [1.807, 2.05) is 0 Å². The van der Waals surface area contributed by atoms with Crippen molar-refractivity contribution in [2.75, 3.05) is 5.32 Å². The van der Waals surface area contributed by atoms with Crippen molar-refractivity contribution in [1.29, 1.82) is 0 Å². The molecule has 2 aromatic rings. The van der Waals surface area contributed by atoms with Crippen LogP contribution in [0.25, 0.3) is 0 Å². The Kier molecular flexibility index (Phi) is 3.06. The van der Waals surface area contributed by atoms with E-state index in [9.17, 15) is 13.6 Å². The van der Waals surface area contributed by atoms with Crippen molar-refractivity contribution in [2.45, 2.75) is 0 Å². The van der Waals surface area contributed by atoms with Gasteiger partial charge in [0.1, 0.15) is 5.69 Å². The van der Waals surface area contributed by atoms with Crippen LogP contribution in [-0.4, -0.2) is 11.1 Å². The number of anilines is 2. The predicted octanol–water partition coefficient (Wildman–Crippen LogP) is 3.47. The molecule has 0 saturated carbocycles. The van der Waals surface area contributed by atoms with Crippen LogP contribution in [-0.2, 0) is 0 Å². The number of rotatable bonds is 3. The zero-order chi connectivity index (χ0) is 12.4. The van der Waals surface area contributed by atoms with Gasteiger partial charge in [0.05, 0.1) is 5.56 Å². The van der Waals surface area contributed by atoms with Gasteiger partial charge in [0.15, 0.2) is 11.6 Å². The number of carboxylic acids is 1. The largest absolute Gasteiger partial charge is 0.478 e. The van der Waals surface area contributed by atoms with E-state index < -0.39 is 23.2 Å². The third kappa shape index (κ3) is 2.42. The minimum absolute atomic E-state index is 0.353. The van der Waals surface area contributed by atoms with Crippen LogP contribution in [0.15, 0.2) is 29.0 Å². The normalized spacial score (nSPS) is 10.2. The monoisotopic (exact) mass is 255 g/mol. The van der Waals surface area contributed by atoms with Gasteiger partial charge in [-0.2, -0.15) is 11.3 Å². The van der Waals surface area contributed by atoms with Gasteiger partial charge in [0.2, 0.25) is 0 Å². The Morgan fingerprint density at radius 1 is 1.29 bits per heavy atom. The first-order chi connectivity index (χ1) is 8.08. The molecule has 0 unspecified atom stereocenters. The van der Waals surface area contributed by atoms with Crippen LogP contribution in [0.5, 0.6) is 0 Å². The fourth-order valence-electron chi connectivity index (χ4n) is 1.30. The van der Waals surface area contributed by atoms with E-state index >= 15 is 0 Å². The molecule has 0 aliphatic heterocycles. The van der Waals surface area contributed by atoms with Crippen LogP contribution in [0.2, 0.25) is 0 Å². The second-order valence-corrected chi connectivity index (χ2v) is 4.04. The summed E-state index contributed by atoms with van der Waals surface area (Å²) in [5.74, 6) is -3.24. The quantitative estimate of drug-likeness (QED) is 0.882. The van der Waals surface area contributed by atoms with Crippen LogP contribution in [0.4, 0.5) is 20.2 Å². The number of aromatic carboxylic acids is 1. The van der Waals surface area contributed by atoms with E-state index in [2.05, 4.69) is 5.32 Å². The molecule has 2 rings (SSSR count). The maximum Gasteiger partial charge on any atom is 0.335 e. The van der Waals surface area contributed by atoms with Gasteiger partial charge in [0, 0.05) is 11.1 Å². The molecule has 3 nitrogen and oxygen atoms in total. The maximum absolute atomic E-state index is 13.5. The highest BCUT2D eigenvalue weighted by Gasteiger charge is 2.14. The van der Waals surface area contributed by atoms with E-state index in [1.54, 1.807) is 16.8 Å². The molecule has 0 saturated heterocycles. The van der Waals surface area contributed by atoms with E-state index in [4.69, 9.17) is 5.11 Å². The van der Waals surface area contributed by atoms with Gasteiger partial charge < -0.3 is 10.4 Å². The number of carbonyl (C=O) groups is 1. The molecule has 0 spiro atoms. The minimum atomic E-state index is -1.37. The van der Waals surface area contributed by atoms with Gasteiger partial charge in [-0.3, -0.25) is 0 Å². The second-order valence-electron chi connectivity index (χ2n) is 3.26. The zero-order valence-electron chi connectivity index (χ0n) is 8.41. The fourth-order valence-corrected chi connectivity index (χ4v) is 1.88. The fraction of sp³-hybridized carbons (Fsp3) is 0. The molecule has 0 aliphatic rings. The van der Waals surface area contributed by atoms with Crippen LogP contribution in [0.3, 0.4) is 0 Å². The molecule has 1 aromatic heterocycles. The molecule has 0 bridgehead atoms. The Balaban J connectivity index is 2.38. The first-order valence-electron chi connectivity index (χ1n) is 4.59. The number of hydrogen-bond acceptors (Lipinski definition) is 3. The average Bonchev–Trinajstić information content (AvgIpc) is 2.75. The summed E-state index contributed by atoms with van der Waals surface area (Å²) in [6, 6.07) is 3.22. The highest BCUT2D eigenvalue weighted by Crippen LogP contribution is 2.25. The summed E-state index contributed by atoms with van der Waals surface area (Å²) >= 11 is 1.38. The first-order valence-corrected chi connectivity index (χ1v) is 5.54. The lowest BCUT2D eigenvalue weighted by atomic mass is 10.2. The van der Waals surface area contributed by atoms with Crippen molar-refractivity contribution in [3.05, 3.63) is 46.2 Å². The van der Waals surface area contributed by atoms with E-state index in [1.165, 1.54) is 11.3 Å². The number of halogens is 2. The highest BCUT2D eigenvalue weighted by molar-refractivity contribution is 7.08. The molecule has 6 heteroatoms. The summed E-state index contributed by atoms with van der Waals surface area (Å²) in [5.41, 5.74) is -0.222. The van der Waals surface area contributed by atoms with Gasteiger partial charge in [-0.05, 0) is 23.6 Å². The number of carboxylic acid groups (broad SMARTS) is 1. The molecule has 0 aliphatic carbocycles.